The molecule has 7 unspecified atom stereocenters. The molecule has 5 nitrogen and oxygen atoms in total. The third-order valence-electron chi connectivity index (χ3n) is 11.6. The van der Waals surface area contributed by atoms with Crippen molar-refractivity contribution in [2.45, 2.75) is 122 Å². The fraction of sp³-hybridized carbons (Fsp3) is 0.722. The maximum Gasteiger partial charge on any atom is 0.157 e. The van der Waals surface area contributed by atoms with Crippen LogP contribution in [0.5, 0.6) is 0 Å². The summed E-state index contributed by atoms with van der Waals surface area (Å²) in [4.78, 5) is 2.62. The molecular formula is C36H53NO4. The number of likely N-dealkylation sites (tertiary alicyclic amines) is 1. The number of aliphatic hydroxyl groups excluding tert-OH is 1. The molecule has 0 aromatic heterocycles. The molecule has 2 bridgehead atoms. The van der Waals surface area contributed by atoms with E-state index in [0.29, 0.717) is 25.4 Å². The minimum absolute atomic E-state index is 0.0964. The van der Waals surface area contributed by atoms with E-state index >= 15 is 0 Å². The molecule has 0 aromatic carbocycles. The third kappa shape index (κ3) is 5.18. The minimum Gasteiger partial charge on any atom is -0.487 e. The number of hydrogen-bond donors (Lipinski definition) is 2. The molecule has 2 aliphatic heterocycles. The summed E-state index contributed by atoms with van der Waals surface area (Å²) in [7, 11) is 0. The summed E-state index contributed by atoms with van der Waals surface area (Å²) in [5, 5.41) is 23.8. The molecule has 4 aliphatic carbocycles. The van der Waals surface area contributed by atoms with Crippen LogP contribution in [-0.4, -0.2) is 58.7 Å². The summed E-state index contributed by atoms with van der Waals surface area (Å²) >= 11 is 0. The van der Waals surface area contributed by atoms with Crippen LogP contribution in [0.1, 0.15) is 98.3 Å². The summed E-state index contributed by atoms with van der Waals surface area (Å²) in [5.74, 6) is 2.91. The van der Waals surface area contributed by atoms with Gasteiger partial charge in [0.05, 0.1) is 17.1 Å². The topological polar surface area (TPSA) is 62.2 Å². The van der Waals surface area contributed by atoms with Crippen molar-refractivity contribution in [2.24, 2.45) is 23.2 Å². The van der Waals surface area contributed by atoms with Crippen LogP contribution in [0, 0.1) is 23.2 Å². The van der Waals surface area contributed by atoms with Gasteiger partial charge in [-0.2, -0.15) is 0 Å². The summed E-state index contributed by atoms with van der Waals surface area (Å²) < 4.78 is 13.1. The number of hydrogen-bond acceptors (Lipinski definition) is 5. The highest BCUT2D eigenvalue weighted by atomic mass is 16.5. The van der Waals surface area contributed by atoms with Crippen molar-refractivity contribution in [3.8, 4) is 0 Å². The largest absolute Gasteiger partial charge is 0.487 e. The Bertz CT molecular complexity index is 1140. The lowest BCUT2D eigenvalue weighted by atomic mass is 9.44. The highest BCUT2D eigenvalue weighted by Gasteiger charge is 2.76. The van der Waals surface area contributed by atoms with E-state index in [9.17, 15) is 10.2 Å². The normalized spacial score (nSPS) is 38.3. The molecule has 6 aliphatic rings. The van der Waals surface area contributed by atoms with Crippen molar-refractivity contribution < 1.29 is 19.7 Å². The van der Waals surface area contributed by atoms with Crippen LogP contribution in [0.4, 0.5) is 0 Å². The SMILES string of the molecule is CC(C)=CCC/C(C)=C/CC/C(C)=C/COC1=C2OC3C(O)CCC4(O)C5CC(C=C1)C2C34CCN5CC1CCC1. The zero-order valence-corrected chi connectivity index (χ0v) is 25.9. The molecule has 5 fully saturated rings. The van der Waals surface area contributed by atoms with Gasteiger partial charge in [-0.3, -0.25) is 4.90 Å². The summed E-state index contributed by atoms with van der Waals surface area (Å²) in [6.07, 6.45) is 21.9. The van der Waals surface area contributed by atoms with Gasteiger partial charge in [-0.15, -0.1) is 0 Å². The van der Waals surface area contributed by atoms with E-state index in [1.165, 1.54) is 36.0 Å². The third-order valence-corrected chi connectivity index (χ3v) is 11.6. The Kier molecular flexibility index (Phi) is 8.35. The monoisotopic (exact) mass is 563 g/mol. The van der Waals surface area contributed by atoms with Gasteiger partial charge in [-0.1, -0.05) is 41.4 Å². The number of rotatable bonds is 11. The second-order valence-electron chi connectivity index (χ2n) is 14.4. The lowest BCUT2D eigenvalue weighted by Crippen LogP contribution is -2.77. The second kappa shape index (κ2) is 11.7. The molecule has 0 aromatic rings. The van der Waals surface area contributed by atoms with Crippen molar-refractivity contribution in [3.63, 3.8) is 0 Å². The van der Waals surface area contributed by atoms with Crippen LogP contribution in [0.25, 0.3) is 0 Å². The lowest BCUT2D eigenvalue weighted by Gasteiger charge is -2.67. The molecule has 0 amide bonds. The summed E-state index contributed by atoms with van der Waals surface area (Å²) in [6, 6.07) is 0.152. The number of nitrogens with zero attached hydrogens (tertiary/aromatic N) is 1. The predicted molar refractivity (Wildman–Crippen MR) is 164 cm³/mol. The fourth-order valence-corrected chi connectivity index (χ4v) is 9.16. The first kappa shape index (κ1) is 29.3. The smallest absolute Gasteiger partial charge is 0.157 e. The number of aliphatic hydroxyl groups is 2. The van der Waals surface area contributed by atoms with E-state index in [0.717, 1.165) is 69.1 Å². The number of allylic oxidation sites excluding steroid dienone is 8. The second-order valence-corrected chi connectivity index (χ2v) is 14.4. The molecule has 3 saturated carbocycles. The van der Waals surface area contributed by atoms with Gasteiger partial charge in [0.1, 0.15) is 18.5 Å². The Hall–Kier alpha value is -1.82. The Morgan fingerprint density at radius 3 is 2.54 bits per heavy atom. The zero-order chi connectivity index (χ0) is 28.8. The van der Waals surface area contributed by atoms with Crippen LogP contribution < -0.4 is 0 Å². The van der Waals surface area contributed by atoms with E-state index in [1.807, 2.05) is 0 Å². The lowest BCUT2D eigenvalue weighted by molar-refractivity contribution is -0.268. The molecule has 41 heavy (non-hydrogen) atoms. The Balaban J connectivity index is 1.14. The van der Waals surface area contributed by atoms with Gasteiger partial charge in [0.15, 0.2) is 5.76 Å². The van der Waals surface area contributed by atoms with Gasteiger partial charge in [0.25, 0.3) is 0 Å². The minimum atomic E-state index is -0.814. The highest BCUT2D eigenvalue weighted by molar-refractivity contribution is 5.39. The maximum atomic E-state index is 12.6. The van der Waals surface area contributed by atoms with Crippen molar-refractivity contribution in [1.82, 2.24) is 4.90 Å². The number of ether oxygens (including phenoxy) is 2. The van der Waals surface area contributed by atoms with Gasteiger partial charge >= 0.3 is 0 Å². The Morgan fingerprint density at radius 1 is 1.05 bits per heavy atom. The molecular weight excluding hydrogens is 510 g/mol. The highest BCUT2D eigenvalue weighted by Crippen LogP contribution is 2.70. The Morgan fingerprint density at radius 2 is 1.80 bits per heavy atom. The van der Waals surface area contributed by atoms with E-state index in [-0.39, 0.29) is 18.1 Å². The zero-order valence-electron chi connectivity index (χ0n) is 25.9. The number of piperidine rings is 1. The average molecular weight is 564 g/mol. The van der Waals surface area contributed by atoms with Gasteiger partial charge < -0.3 is 19.7 Å². The average Bonchev–Trinajstić information content (AvgIpc) is 3.26. The van der Waals surface area contributed by atoms with Gasteiger partial charge in [-0.25, -0.2) is 0 Å². The molecule has 2 heterocycles. The molecule has 0 radical (unpaired) electrons. The molecule has 7 atom stereocenters. The molecule has 6 rings (SSSR count). The summed E-state index contributed by atoms with van der Waals surface area (Å²) in [5.41, 5.74) is 2.95. The van der Waals surface area contributed by atoms with Crippen molar-refractivity contribution in [1.29, 1.82) is 0 Å². The van der Waals surface area contributed by atoms with Gasteiger partial charge in [0, 0.05) is 18.5 Å². The molecule has 5 heteroatoms. The summed E-state index contributed by atoms with van der Waals surface area (Å²) in [6.45, 7) is 11.4. The first-order valence-electron chi connectivity index (χ1n) is 16.5. The van der Waals surface area contributed by atoms with Crippen LogP contribution >= 0.6 is 0 Å². The first-order chi connectivity index (χ1) is 19.7. The predicted octanol–water partition coefficient (Wildman–Crippen LogP) is 6.99. The van der Waals surface area contributed by atoms with Crippen LogP contribution in [0.3, 0.4) is 0 Å². The first-order valence-corrected chi connectivity index (χ1v) is 16.5. The molecule has 1 spiro atoms. The van der Waals surface area contributed by atoms with E-state index in [1.54, 1.807) is 0 Å². The molecule has 2 saturated heterocycles. The van der Waals surface area contributed by atoms with Gasteiger partial charge in [-0.05, 0) is 122 Å². The van der Waals surface area contributed by atoms with Crippen molar-refractivity contribution >= 4 is 0 Å². The maximum absolute atomic E-state index is 12.6. The van der Waals surface area contributed by atoms with E-state index in [4.69, 9.17) is 9.47 Å². The molecule has 2 N–H and O–H groups in total. The Labute approximate surface area is 248 Å². The standard InChI is InChI=1S/C36H53NO4/c1-24(2)8-5-9-25(3)10-6-11-26(4)17-21-40-30-15-14-28-22-31-36(39)18-16-29(38)34-35(36,32(28)33(30)41-34)19-20-37(31)23-27-12-7-13-27/h8,10,14-15,17,27-29,31-32,34,38-39H,5-7,9,11-13,16,18-23H2,1-4H3/b25-10+,26-17+. The van der Waals surface area contributed by atoms with Gasteiger partial charge in [0.2, 0.25) is 0 Å². The molecule has 226 valence electrons. The van der Waals surface area contributed by atoms with Crippen LogP contribution in [-0.2, 0) is 9.47 Å². The van der Waals surface area contributed by atoms with E-state index in [2.05, 4.69) is 63.0 Å². The van der Waals surface area contributed by atoms with E-state index < -0.39 is 17.1 Å². The van der Waals surface area contributed by atoms with Crippen molar-refractivity contribution in [2.75, 3.05) is 19.7 Å². The quantitative estimate of drug-likeness (QED) is 0.266. The van der Waals surface area contributed by atoms with Crippen LogP contribution in [0.15, 0.2) is 58.6 Å². The van der Waals surface area contributed by atoms with Crippen molar-refractivity contribution in [3.05, 3.63) is 58.6 Å². The van der Waals surface area contributed by atoms with Crippen LogP contribution in [0.2, 0.25) is 0 Å². The fourth-order valence-electron chi connectivity index (χ4n) is 9.16.